The Balaban J connectivity index is 2.08. The van der Waals surface area contributed by atoms with Crippen LogP contribution in [0.5, 0.6) is 11.5 Å². The SMILES string of the molecule is COc1cc(Br)c(OCC2(CBr)CCOCC2)cc1Br. The highest BCUT2D eigenvalue weighted by molar-refractivity contribution is 9.11. The third kappa shape index (κ3) is 3.90. The molecule has 1 saturated heterocycles. The summed E-state index contributed by atoms with van der Waals surface area (Å²) in [5.41, 5.74) is 0.157. The summed E-state index contributed by atoms with van der Waals surface area (Å²) in [5, 5.41) is 0.929. The normalized spacial score (nSPS) is 17.8. The summed E-state index contributed by atoms with van der Waals surface area (Å²) in [6.45, 7) is 2.30. The summed E-state index contributed by atoms with van der Waals surface area (Å²) >= 11 is 10.6. The Kier molecular flexibility index (Phi) is 6.20. The summed E-state index contributed by atoms with van der Waals surface area (Å²) in [5.74, 6) is 1.61. The minimum absolute atomic E-state index is 0.157. The van der Waals surface area contributed by atoms with Gasteiger partial charge in [0.1, 0.15) is 11.5 Å². The van der Waals surface area contributed by atoms with Crippen molar-refractivity contribution < 1.29 is 14.2 Å². The first-order valence-corrected chi connectivity index (χ1v) is 9.10. The van der Waals surface area contributed by atoms with Gasteiger partial charge in [-0.05, 0) is 56.8 Å². The van der Waals surface area contributed by atoms with E-state index < -0.39 is 0 Å². The van der Waals surface area contributed by atoms with Gasteiger partial charge in [0, 0.05) is 24.0 Å². The van der Waals surface area contributed by atoms with Crippen molar-refractivity contribution in [2.24, 2.45) is 5.41 Å². The molecule has 0 amide bonds. The number of benzene rings is 1. The van der Waals surface area contributed by atoms with E-state index in [-0.39, 0.29) is 5.41 Å². The van der Waals surface area contributed by atoms with Crippen LogP contribution in [0.25, 0.3) is 0 Å². The lowest BCUT2D eigenvalue weighted by Crippen LogP contribution is -2.36. The average Bonchev–Trinajstić information content (AvgIpc) is 2.48. The van der Waals surface area contributed by atoms with Crippen molar-refractivity contribution in [2.45, 2.75) is 12.8 Å². The van der Waals surface area contributed by atoms with Gasteiger partial charge >= 0.3 is 0 Å². The summed E-state index contributed by atoms with van der Waals surface area (Å²) in [6.07, 6.45) is 2.04. The van der Waals surface area contributed by atoms with E-state index in [1.54, 1.807) is 7.11 Å². The number of hydrogen-bond donors (Lipinski definition) is 0. The molecule has 3 nitrogen and oxygen atoms in total. The predicted octanol–water partition coefficient (Wildman–Crippen LogP) is 4.79. The first kappa shape index (κ1) is 16.6. The highest BCUT2D eigenvalue weighted by Gasteiger charge is 2.32. The zero-order valence-corrected chi connectivity index (χ0v) is 16.0. The molecule has 112 valence electrons. The maximum atomic E-state index is 6.03. The van der Waals surface area contributed by atoms with E-state index in [9.17, 15) is 0 Å². The van der Waals surface area contributed by atoms with E-state index in [2.05, 4.69) is 47.8 Å². The molecule has 0 bridgehead atoms. The van der Waals surface area contributed by atoms with Crippen LogP contribution in [0.2, 0.25) is 0 Å². The summed E-state index contributed by atoms with van der Waals surface area (Å²) in [6, 6.07) is 3.84. The van der Waals surface area contributed by atoms with E-state index in [4.69, 9.17) is 14.2 Å². The molecule has 0 unspecified atom stereocenters. The van der Waals surface area contributed by atoms with Gasteiger partial charge in [0.2, 0.25) is 0 Å². The van der Waals surface area contributed by atoms with Crippen molar-refractivity contribution in [3.05, 3.63) is 21.1 Å². The Bertz CT molecular complexity index is 459. The highest BCUT2D eigenvalue weighted by Crippen LogP contribution is 2.38. The van der Waals surface area contributed by atoms with Crippen LogP contribution in [0, 0.1) is 5.41 Å². The lowest BCUT2D eigenvalue weighted by molar-refractivity contribution is 0.00339. The van der Waals surface area contributed by atoms with Gasteiger partial charge in [0.25, 0.3) is 0 Å². The standard InChI is InChI=1S/C14H17Br3O3/c1-18-12-6-11(17)13(7-10(12)16)20-9-14(8-15)2-4-19-5-3-14/h6-7H,2-5,8-9H2,1H3. The molecule has 20 heavy (non-hydrogen) atoms. The van der Waals surface area contributed by atoms with Gasteiger partial charge in [-0.3, -0.25) is 0 Å². The molecule has 6 heteroatoms. The molecule has 1 fully saturated rings. The molecule has 1 aliphatic heterocycles. The van der Waals surface area contributed by atoms with Crippen LogP contribution in [-0.2, 0) is 4.74 Å². The van der Waals surface area contributed by atoms with Crippen LogP contribution in [0.1, 0.15) is 12.8 Å². The number of halogens is 3. The van der Waals surface area contributed by atoms with Crippen LogP contribution in [0.4, 0.5) is 0 Å². The van der Waals surface area contributed by atoms with E-state index in [0.29, 0.717) is 6.61 Å². The van der Waals surface area contributed by atoms with Crippen molar-refractivity contribution >= 4 is 47.8 Å². The molecule has 2 rings (SSSR count). The number of methoxy groups -OCH3 is 1. The van der Waals surface area contributed by atoms with Gasteiger partial charge in [0.05, 0.1) is 22.7 Å². The first-order valence-electron chi connectivity index (χ1n) is 6.40. The molecule has 0 saturated carbocycles. The highest BCUT2D eigenvalue weighted by atomic mass is 79.9. The largest absolute Gasteiger partial charge is 0.496 e. The van der Waals surface area contributed by atoms with Crippen molar-refractivity contribution in [2.75, 3.05) is 32.3 Å². The van der Waals surface area contributed by atoms with Crippen molar-refractivity contribution in [1.29, 1.82) is 0 Å². The van der Waals surface area contributed by atoms with Gasteiger partial charge in [-0.25, -0.2) is 0 Å². The van der Waals surface area contributed by atoms with E-state index in [1.165, 1.54) is 0 Å². The van der Waals surface area contributed by atoms with E-state index in [1.807, 2.05) is 12.1 Å². The predicted molar refractivity (Wildman–Crippen MR) is 90.2 cm³/mol. The topological polar surface area (TPSA) is 27.7 Å². The van der Waals surface area contributed by atoms with Crippen LogP contribution in [-0.4, -0.2) is 32.3 Å². The summed E-state index contributed by atoms with van der Waals surface area (Å²) in [4.78, 5) is 0. The molecule has 1 aliphatic rings. The monoisotopic (exact) mass is 470 g/mol. The third-order valence-corrected chi connectivity index (χ3v) is 6.01. The minimum Gasteiger partial charge on any atom is -0.496 e. The molecular formula is C14H17Br3O3. The van der Waals surface area contributed by atoms with Crippen LogP contribution >= 0.6 is 47.8 Å². The molecule has 0 aromatic heterocycles. The van der Waals surface area contributed by atoms with Crippen LogP contribution in [0.3, 0.4) is 0 Å². The molecule has 0 spiro atoms. The quantitative estimate of drug-likeness (QED) is 0.577. The molecule has 1 heterocycles. The molecule has 1 aromatic rings. The second kappa shape index (κ2) is 7.47. The maximum Gasteiger partial charge on any atom is 0.134 e. The smallest absolute Gasteiger partial charge is 0.134 e. The lowest BCUT2D eigenvalue weighted by atomic mass is 9.83. The Morgan fingerprint density at radius 3 is 2.35 bits per heavy atom. The Morgan fingerprint density at radius 2 is 1.75 bits per heavy atom. The number of alkyl halides is 1. The van der Waals surface area contributed by atoms with E-state index in [0.717, 1.165) is 51.8 Å². The zero-order chi connectivity index (χ0) is 14.6. The van der Waals surface area contributed by atoms with Gasteiger partial charge in [0.15, 0.2) is 0 Å². The molecule has 0 N–H and O–H groups in total. The fourth-order valence-electron chi connectivity index (χ4n) is 2.13. The van der Waals surface area contributed by atoms with Gasteiger partial charge in [-0.1, -0.05) is 15.9 Å². The average molecular weight is 473 g/mol. The van der Waals surface area contributed by atoms with E-state index >= 15 is 0 Å². The van der Waals surface area contributed by atoms with Gasteiger partial charge < -0.3 is 14.2 Å². The molecule has 1 aromatic carbocycles. The first-order chi connectivity index (χ1) is 9.60. The van der Waals surface area contributed by atoms with Gasteiger partial charge in [-0.2, -0.15) is 0 Å². The third-order valence-electron chi connectivity index (χ3n) is 3.58. The van der Waals surface area contributed by atoms with Crippen molar-refractivity contribution in [3.63, 3.8) is 0 Å². The molecule has 0 radical (unpaired) electrons. The Hall–Kier alpha value is 0.220. The van der Waals surface area contributed by atoms with Crippen LogP contribution < -0.4 is 9.47 Å². The molecular weight excluding hydrogens is 456 g/mol. The second-order valence-corrected chi connectivity index (χ2v) is 7.22. The van der Waals surface area contributed by atoms with Gasteiger partial charge in [-0.15, -0.1) is 0 Å². The Morgan fingerprint density at radius 1 is 1.15 bits per heavy atom. The molecule has 0 atom stereocenters. The Labute approximate surface area is 144 Å². The summed E-state index contributed by atoms with van der Waals surface area (Å²) < 4.78 is 18.5. The number of ether oxygens (including phenoxy) is 3. The fourth-order valence-corrected chi connectivity index (χ4v) is 3.77. The lowest BCUT2D eigenvalue weighted by Gasteiger charge is -2.35. The summed E-state index contributed by atoms with van der Waals surface area (Å²) in [7, 11) is 1.65. The molecule has 0 aliphatic carbocycles. The van der Waals surface area contributed by atoms with Crippen LogP contribution in [0.15, 0.2) is 21.1 Å². The number of hydrogen-bond acceptors (Lipinski definition) is 3. The maximum absolute atomic E-state index is 6.03. The number of rotatable bonds is 5. The minimum atomic E-state index is 0.157. The fraction of sp³-hybridized carbons (Fsp3) is 0.571. The zero-order valence-electron chi connectivity index (χ0n) is 11.3. The van der Waals surface area contributed by atoms with Crippen molar-refractivity contribution in [3.8, 4) is 11.5 Å². The second-order valence-electron chi connectivity index (χ2n) is 4.95. The van der Waals surface area contributed by atoms with Crippen molar-refractivity contribution in [1.82, 2.24) is 0 Å².